The molecule has 0 spiro atoms. The third-order valence-corrected chi connectivity index (χ3v) is 6.63. The summed E-state index contributed by atoms with van der Waals surface area (Å²) < 4.78 is 0. The molecule has 0 aliphatic carbocycles. The number of H-pyrrole nitrogens is 1. The standard InChI is InChI=1S/C25H19N5S/c1-15-10-21(28-22-14-27-13-19(24(15)22)23-5-3-9-31-23)25-18-11-16(6-7-20(18)29-30-25)17-4-2-8-26-12-17/h2-15,28H,1H3,(H,29,30). The van der Waals surface area contributed by atoms with E-state index in [-0.39, 0.29) is 5.92 Å². The van der Waals surface area contributed by atoms with E-state index < -0.39 is 0 Å². The number of benzene rings is 1. The van der Waals surface area contributed by atoms with Gasteiger partial charge in [0, 0.05) is 45.9 Å². The molecule has 4 aromatic heterocycles. The van der Waals surface area contributed by atoms with E-state index >= 15 is 0 Å². The third-order valence-electron chi connectivity index (χ3n) is 5.73. The van der Waals surface area contributed by atoms with Crippen LogP contribution in [-0.4, -0.2) is 20.2 Å². The van der Waals surface area contributed by atoms with Crippen molar-refractivity contribution in [2.75, 3.05) is 5.32 Å². The maximum Gasteiger partial charge on any atom is 0.116 e. The number of pyridine rings is 2. The molecule has 5 aromatic rings. The lowest BCUT2D eigenvalue weighted by atomic mass is 9.90. The number of rotatable bonds is 3. The van der Waals surface area contributed by atoms with Gasteiger partial charge in [-0.2, -0.15) is 5.10 Å². The second kappa shape index (κ2) is 7.18. The first-order chi connectivity index (χ1) is 15.3. The topological polar surface area (TPSA) is 66.5 Å². The maximum absolute atomic E-state index is 4.64. The fourth-order valence-corrected chi connectivity index (χ4v) is 5.03. The van der Waals surface area contributed by atoms with Crippen LogP contribution in [0.25, 0.3) is 38.2 Å². The van der Waals surface area contributed by atoms with Gasteiger partial charge in [0.25, 0.3) is 0 Å². The molecule has 1 unspecified atom stereocenters. The lowest BCUT2D eigenvalue weighted by molar-refractivity contribution is 0.951. The molecule has 0 fully saturated rings. The van der Waals surface area contributed by atoms with Crippen molar-refractivity contribution in [3.63, 3.8) is 0 Å². The Bertz CT molecular complexity index is 1420. The van der Waals surface area contributed by atoms with Gasteiger partial charge < -0.3 is 5.32 Å². The normalized spacial score (nSPS) is 15.4. The molecule has 0 bridgehead atoms. The fraction of sp³-hybridized carbons (Fsp3) is 0.0800. The van der Waals surface area contributed by atoms with Gasteiger partial charge in [0.1, 0.15) is 5.69 Å². The monoisotopic (exact) mass is 421 g/mol. The first-order valence-corrected chi connectivity index (χ1v) is 11.1. The Balaban J connectivity index is 1.44. The molecule has 1 aliphatic rings. The van der Waals surface area contributed by atoms with Crippen molar-refractivity contribution in [3.05, 3.63) is 90.0 Å². The van der Waals surface area contributed by atoms with Gasteiger partial charge >= 0.3 is 0 Å². The largest absolute Gasteiger partial charge is 0.352 e. The zero-order valence-corrected chi connectivity index (χ0v) is 17.6. The summed E-state index contributed by atoms with van der Waals surface area (Å²) in [4.78, 5) is 9.99. The lowest BCUT2D eigenvalue weighted by Crippen LogP contribution is -2.12. The summed E-state index contributed by atoms with van der Waals surface area (Å²) in [7, 11) is 0. The number of thiophene rings is 1. The zero-order chi connectivity index (χ0) is 20.8. The Labute approximate surface area is 183 Å². The van der Waals surface area contributed by atoms with Gasteiger partial charge in [0.15, 0.2) is 0 Å². The Hall–Kier alpha value is -3.77. The SMILES string of the molecule is CC1C=C(c2n[nH]c3ccc(-c4cccnc4)cc23)Nc2cncc(-c3cccs3)c21. The molecule has 5 heterocycles. The van der Waals surface area contributed by atoms with Crippen LogP contribution in [-0.2, 0) is 0 Å². The van der Waals surface area contributed by atoms with Crippen LogP contribution >= 0.6 is 11.3 Å². The van der Waals surface area contributed by atoms with E-state index in [1.54, 1.807) is 17.5 Å². The Morgan fingerprint density at radius 2 is 1.94 bits per heavy atom. The van der Waals surface area contributed by atoms with Crippen LogP contribution in [0.1, 0.15) is 24.1 Å². The van der Waals surface area contributed by atoms with Gasteiger partial charge in [-0.25, -0.2) is 0 Å². The number of nitrogens with zero attached hydrogens (tertiary/aromatic N) is 3. The highest BCUT2D eigenvalue weighted by molar-refractivity contribution is 7.13. The molecule has 2 N–H and O–H groups in total. The number of anilines is 1. The second-order valence-corrected chi connectivity index (χ2v) is 8.64. The van der Waals surface area contributed by atoms with Crippen LogP contribution < -0.4 is 5.32 Å². The van der Waals surface area contributed by atoms with Crippen LogP contribution in [0.5, 0.6) is 0 Å². The van der Waals surface area contributed by atoms with Gasteiger partial charge in [0.2, 0.25) is 0 Å². The Morgan fingerprint density at radius 3 is 2.77 bits per heavy atom. The molecular formula is C25H19N5S. The van der Waals surface area contributed by atoms with E-state index in [1.807, 2.05) is 24.7 Å². The van der Waals surface area contributed by atoms with Crippen LogP contribution in [0.15, 0.2) is 78.7 Å². The average Bonchev–Trinajstić information content (AvgIpc) is 3.49. The molecule has 0 radical (unpaired) electrons. The summed E-state index contributed by atoms with van der Waals surface area (Å²) >= 11 is 1.74. The highest BCUT2D eigenvalue weighted by atomic mass is 32.1. The second-order valence-electron chi connectivity index (χ2n) is 7.69. The summed E-state index contributed by atoms with van der Waals surface area (Å²) in [6.45, 7) is 2.23. The molecule has 1 aromatic carbocycles. The molecule has 0 amide bonds. The molecule has 6 heteroatoms. The first kappa shape index (κ1) is 18.0. The number of allylic oxidation sites excluding steroid dienone is 1. The van der Waals surface area contributed by atoms with E-state index in [4.69, 9.17) is 0 Å². The van der Waals surface area contributed by atoms with Gasteiger partial charge in [-0.1, -0.05) is 31.2 Å². The van der Waals surface area contributed by atoms with E-state index in [9.17, 15) is 0 Å². The molecular weight excluding hydrogens is 402 g/mol. The van der Waals surface area contributed by atoms with Crippen LogP contribution in [0.2, 0.25) is 0 Å². The van der Waals surface area contributed by atoms with Crippen molar-refractivity contribution in [1.29, 1.82) is 0 Å². The van der Waals surface area contributed by atoms with Crippen molar-refractivity contribution in [1.82, 2.24) is 20.2 Å². The average molecular weight is 422 g/mol. The highest BCUT2D eigenvalue weighted by Crippen LogP contribution is 2.42. The summed E-state index contributed by atoms with van der Waals surface area (Å²) in [6.07, 6.45) is 9.80. The predicted octanol–water partition coefficient (Wildman–Crippen LogP) is 6.32. The molecule has 31 heavy (non-hydrogen) atoms. The number of aromatic amines is 1. The Kier molecular flexibility index (Phi) is 4.18. The predicted molar refractivity (Wildman–Crippen MR) is 127 cm³/mol. The smallest absolute Gasteiger partial charge is 0.116 e. The minimum Gasteiger partial charge on any atom is -0.352 e. The minimum absolute atomic E-state index is 0.236. The van der Waals surface area contributed by atoms with E-state index in [1.165, 1.54) is 16.0 Å². The highest BCUT2D eigenvalue weighted by Gasteiger charge is 2.24. The quantitative estimate of drug-likeness (QED) is 0.358. The zero-order valence-electron chi connectivity index (χ0n) is 16.8. The van der Waals surface area contributed by atoms with Gasteiger partial charge in [0.05, 0.1) is 23.1 Å². The summed E-state index contributed by atoms with van der Waals surface area (Å²) in [6, 6.07) is 14.6. The summed E-state index contributed by atoms with van der Waals surface area (Å²) in [5.41, 5.74) is 8.63. The molecule has 0 saturated heterocycles. The van der Waals surface area contributed by atoms with Crippen LogP contribution in [0, 0.1) is 0 Å². The van der Waals surface area contributed by atoms with Gasteiger partial charge in [-0.05, 0) is 40.8 Å². The minimum atomic E-state index is 0.236. The van der Waals surface area contributed by atoms with E-state index in [0.717, 1.165) is 39.1 Å². The molecule has 150 valence electrons. The van der Waals surface area contributed by atoms with Crippen molar-refractivity contribution < 1.29 is 0 Å². The van der Waals surface area contributed by atoms with Crippen LogP contribution in [0.4, 0.5) is 5.69 Å². The van der Waals surface area contributed by atoms with Crippen molar-refractivity contribution in [2.24, 2.45) is 0 Å². The lowest BCUT2D eigenvalue weighted by Gasteiger charge is -2.25. The van der Waals surface area contributed by atoms with Crippen molar-refractivity contribution in [3.8, 4) is 21.6 Å². The van der Waals surface area contributed by atoms with Gasteiger partial charge in [-0.3, -0.25) is 15.1 Å². The fourth-order valence-electron chi connectivity index (χ4n) is 4.28. The van der Waals surface area contributed by atoms with Gasteiger partial charge in [-0.15, -0.1) is 11.3 Å². The van der Waals surface area contributed by atoms with Crippen molar-refractivity contribution >= 4 is 33.6 Å². The molecule has 5 nitrogen and oxygen atoms in total. The van der Waals surface area contributed by atoms with E-state index in [2.05, 4.69) is 80.3 Å². The summed E-state index contributed by atoms with van der Waals surface area (Å²) in [5, 5.41) is 14.6. The van der Waals surface area contributed by atoms with E-state index in [0.29, 0.717) is 0 Å². The molecule has 1 aliphatic heterocycles. The molecule has 0 saturated carbocycles. The number of hydrogen-bond acceptors (Lipinski definition) is 5. The van der Waals surface area contributed by atoms with Crippen molar-refractivity contribution in [2.45, 2.75) is 12.8 Å². The first-order valence-electron chi connectivity index (χ1n) is 10.2. The molecule has 6 rings (SSSR count). The van der Waals surface area contributed by atoms with Crippen LogP contribution in [0.3, 0.4) is 0 Å². The summed E-state index contributed by atoms with van der Waals surface area (Å²) in [5.74, 6) is 0.236. The molecule has 1 atom stereocenters. The Morgan fingerprint density at radius 1 is 0.968 bits per heavy atom. The number of fused-ring (bicyclic) bond motifs is 2. The third kappa shape index (κ3) is 3.04. The number of hydrogen-bond donors (Lipinski definition) is 2. The maximum atomic E-state index is 4.64. The number of nitrogens with one attached hydrogen (secondary N) is 2. The number of aromatic nitrogens is 4.